The quantitative estimate of drug-likeness (QED) is 0.881. The van der Waals surface area contributed by atoms with Crippen LogP contribution in [0.2, 0.25) is 0 Å². The summed E-state index contributed by atoms with van der Waals surface area (Å²) in [6.07, 6.45) is 0.852. The first-order valence-corrected chi connectivity index (χ1v) is 7.50. The second-order valence-electron chi connectivity index (χ2n) is 4.20. The smallest absolute Gasteiger partial charge is 0.353 e. The maximum atomic E-state index is 14.5. The van der Waals surface area contributed by atoms with Gasteiger partial charge in [-0.2, -0.15) is 5.10 Å². The van der Waals surface area contributed by atoms with E-state index in [1.54, 1.807) is 0 Å². The fourth-order valence-electron chi connectivity index (χ4n) is 1.81. The van der Waals surface area contributed by atoms with Gasteiger partial charge in [0.05, 0.1) is 12.8 Å². The highest BCUT2D eigenvalue weighted by Crippen LogP contribution is 2.33. The number of carbonyl (C=O) groups is 1. The first kappa shape index (κ1) is 15.0. The molecule has 0 aliphatic heterocycles. The average Bonchev–Trinajstić information content (AvgIpc) is 2.86. The van der Waals surface area contributed by atoms with Crippen molar-refractivity contribution in [1.29, 1.82) is 0 Å². The zero-order valence-electron chi connectivity index (χ0n) is 11.0. The number of halogens is 1. The standard InChI is InChI=1S/C12H11FN2O5S/c1-20-9-4-3-6(10(13)11(9)21(2,18)19)7-5-8(12(16)17)15-14-7/h3-5H,1-2H3,(H,14,15)(H,16,17). The lowest BCUT2D eigenvalue weighted by atomic mass is 10.1. The molecule has 0 atom stereocenters. The van der Waals surface area contributed by atoms with Crippen molar-refractivity contribution in [3.63, 3.8) is 0 Å². The minimum absolute atomic E-state index is 0.0162. The van der Waals surface area contributed by atoms with Crippen LogP contribution in [0.4, 0.5) is 4.39 Å². The Morgan fingerprint density at radius 3 is 2.57 bits per heavy atom. The van der Waals surface area contributed by atoms with Gasteiger partial charge in [0.2, 0.25) is 0 Å². The van der Waals surface area contributed by atoms with E-state index in [1.165, 1.54) is 19.2 Å². The molecule has 0 unspecified atom stereocenters. The fourth-order valence-corrected chi connectivity index (χ4v) is 2.76. The molecule has 0 bridgehead atoms. The van der Waals surface area contributed by atoms with Gasteiger partial charge in [-0.3, -0.25) is 5.10 Å². The molecule has 1 heterocycles. The third-order valence-electron chi connectivity index (χ3n) is 2.74. The van der Waals surface area contributed by atoms with Gasteiger partial charge < -0.3 is 9.84 Å². The summed E-state index contributed by atoms with van der Waals surface area (Å²) < 4.78 is 42.7. The highest BCUT2D eigenvalue weighted by atomic mass is 32.2. The van der Waals surface area contributed by atoms with Gasteiger partial charge in [-0.05, 0) is 18.2 Å². The number of nitrogens with zero attached hydrogens (tertiary/aromatic N) is 1. The van der Waals surface area contributed by atoms with Gasteiger partial charge in [-0.1, -0.05) is 0 Å². The number of aromatic nitrogens is 2. The van der Waals surface area contributed by atoms with Crippen LogP contribution in [0.15, 0.2) is 23.1 Å². The number of hydrogen-bond acceptors (Lipinski definition) is 5. The van der Waals surface area contributed by atoms with E-state index in [0.29, 0.717) is 0 Å². The Hall–Kier alpha value is -2.42. The molecule has 0 aliphatic rings. The third-order valence-corrected chi connectivity index (χ3v) is 3.86. The average molecular weight is 314 g/mol. The van der Waals surface area contributed by atoms with E-state index in [-0.39, 0.29) is 22.7 Å². The van der Waals surface area contributed by atoms with E-state index < -0.39 is 26.5 Å². The predicted octanol–water partition coefficient (Wildman–Crippen LogP) is 1.33. The van der Waals surface area contributed by atoms with Gasteiger partial charge in [0.25, 0.3) is 0 Å². The number of H-pyrrole nitrogens is 1. The number of hydrogen-bond donors (Lipinski definition) is 2. The molecule has 1 aromatic heterocycles. The second-order valence-corrected chi connectivity index (χ2v) is 6.16. The molecule has 1 aromatic carbocycles. The summed E-state index contributed by atoms with van der Waals surface area (Å²) in [6.45, 7) is 0. The monoisotopic (exact) mass is 314 g/mol. The number of ether oxygens (including phenoxy) is 1. The van der Waals surface area contributed by atoms with Crippen molar-refractivity contribution < 1.29 is 27.4 Å². The van der Waals surface area contributed by atoms with Crippen LogP contribution in [-0.2, 0) is 9.84 Å². The van der Waals surface area contributed by atoms with E-state index in [9.17, 15) is 17.6 Å². The summed E-state index contributed by atoms with van der Waals surface area (Å²) >= 11 is 0. The molecule has 7 nitrogen and oxygen atoms in total. The number of aromatic carboxylic acids is 1. The molecule has 9 heteroatoms. The van der Waals surface area contributed by atoms with Crippen LogP contribution < -0.4 is 4.74 Å². The molecule has 112 valence electrons. The highest BCUT2D eigenvalue weighted by Gasteiger charge is 2.24. The van der Waals surface area contributed by atoms with Gasteiger partial charge >= 0.3 is 5.97 Å². The van der Waals surface area contributed by atoms with E-state index in [4.69, 9.17) is 9.84 Å². The van der Waals surface area contributed by atoms with Gasteiger partial charge in [-0.15, -0.1) is 0 Å². The lowest BCUT2D eigenvalue weighted by Crippen LogP contribution is -2.05. The second kappa shape index (κ2) is 5.17. The Labute approximate surface area is 119 Å². The number of carboxylic acids is 1. The largest absolute Gasteiger partial charge is 0.495 e. The molecule has 2 rings (SSSR count). The summed E-state index contributed by atoms with van der Waals surface area (Å²) in [6, 6.07) is 3.66. The van der Waals surface area contributed by atoms with Gasteiger partial charge in [0.15, 0.2) is 15.7 Å². The van der Waals surface area contributed by atoms with Crippen molar-refractivity contribution in [2.45, 2.75) is 4.90 Å². The number of methoxy groups -OCH3 is 1. The van der Waals surface area contributed by atoms with Crippen molar-refractivity contribution in [3.05, 3.63) is 29.7 Å². The summed E-state index contributed by atoms with van der Waals surface area (Å²) in [7, 11) is -2.65. The van der Waals surface area contributed by atoms with Crippen molar-refractivity contribution in [2.75, 3.05) is 13.4 Å². The SMILES string of the molecule is COc1ccc(-c2cc(C(=O)O)[nH]n2)c(F)c1S(C)(=O)=O. The molecular weight excluding hydrogens is 303 g/mol. The summed E-state index contributed by atoms with van der Waals surface area (Å²) in [4.78, 5) is 10.2. The van der Waals surface area contributed by atoms with Crippen molar-refractivity contribution in [3.8, 4) is 17.0 Å². The number of nitrogens with one attached hydrogen (secondary N) is 1. The van der Waals surface area contributed by atoms with Crippen LogP contribution in [0.25, 0.3) is 11.3 Å². The first-order valence-electron chi connectivity index (χ1n) is 5.61. The minimum atomic E-state index is -3.87. The van der Waals surface area contributed by atoms with Crippen LogP contribution in [0.3, 0.4) is 0 Å². The Bertz CT molecular complexity index is 813. The number of carboxylic acid groups (broad SMARTS) is 1. The van der Waals surface area contributed by atoms with Crippen molar-refractivity contribution in [1.82, 2.24) is 10.2 Å². The number of benzene rings is 1. The fraction of sp³-hybridized carbons (Fsp3) is 0.167. The van der Waals surface area contributed by atoms with Crippen LogP contribution in [-0.4, -0.2) is 43.1 Å². The van der Waals surface area contributed by atoms with E-state index in [2.05, 4.69) is 10.2 Å². The molecule has 2 N–H and O–H groups in total. The van der Waals surface area contributed by atoms with Crippen molar-refractivity contribution in [2.24, 2.45) is 0 Å². The normalized spacial score (nSPS) is 11.4. The van der Waals surface area contributed by atoms with Gasteiger partial charge in [0, 0.05) is 11.8 Å². The lowest BCUT2D eigenvalue weighted by Gasteiger charge is -2.10. The molecular formula is C12H11FN2O5S. The molecule has 0 saturated carbocycles. The first-order chi connectivity index (χ1) is 9.75. The minimum Gasteiger partial charge on any atom is -0.495 e. The van der Waals surface area contributed by atoms with Crippen LogP contribution in [0.5, 0.6) is 5.75 Å². The van der Waals surface area contributed by atoms with Crippen LogP contribution in [0.1, 0.15) is 10.5 Å². The zero-order chi connectivity index (χ0) is 15.8. The highest BCUT2D eigenvalue weighted by molar-refractivity contribution is 7.90. The topological polar surface area (TPSA) is 109 Å². The summed E-state index contributed by atoms with van der Waals surface area (Å²) in [5, 5.41) is 14.7. The lowest BCUT2D eigenvalue weighted by molar-refractivity contribution is 0.0690. The van der Waals surface area contributed by atoms with Crippen molar-refractivity contribution >= 4 is 15.8 Å². The molecule has 0 saturated heterocycles. The molecule has 0 fully saturated rings. The predicted molar refractivity (Wildman–Crippen MR) is 70.6 cm³/mol. The van der Waals surface area contributed by atoms with Gasteiger partial charge in [0.1, 0.15) is 16.3 Å². The molecule has 2 aromatic rings. The number of aromatic amines is 1. The van der Waals surface area contributed by atoms with E-state index in [0.717, 1.165) is 12.3 Å². The Morgan fingerprint density at radius 2 is 2.10 bits per heavy atom. The molecule has 21 heavy (non-hydrogen) atoms. The third kappa shape index (κ3) is 2.72. The Kier molecular flexibility index (Phi) is 3.69. The zero-order valence-corrected chi connectivity index (χ0v) is 11.9. The molecule has 0 radical (unpaired) electrons. The summed E-state index contributed by atoms with van der Waals surface area (Å²) in [5.74, 6) is -2.43. The Balaban J connectivity index is 2.68. The van der Waals surface area contributed by atoms with E-state index in [1.807, 2.05) is 0 Å². The van der Waals surface area contributed by atoms with Crippen LogP contribution >= 0.6 is 0 Å². The molecule has 0 aliphatic carbocycles. The number of sulfone groups is 1. The maximum Gasteiger partial charge on any atom is 0.353 e. The van der Waals surface area contributed by atoms with E-state index >= 15 is 0 Å². The summed E-state index contributed by atoms with van der Waals surface area (Å²) in [5.41, 5.74) is -0.390. The molecule has 0 spiro atoms. The van der Waals surface area contributed by atoms with Crippen LogP contribution in [0, 0.1) is 5.82 Å². The number of rotatable bonds is 4. The maximum absolute atomic E-state index is 14.5. The van der Waals surface area contributed by atoms with Gasteiger partial charge in [-0.25, -0.2) is 17.6 Å². The Morgan fingerprint density at radius 1 is 1.43 bits per heavy atom. The molecule has 0 amide bonds.